The summed E-state index contributed by atoms with van der Waals surface area (Å²) in [7, 11) is 0. The minimum Gasteiger partial charge on any atom is -0.268 e. The fourth-order valence-corrected chi connectivity index (χ4v) is 1.03. The van der Waals surface area contributed by atoms with Crippen LogP contribution < -0.4 is 5.43 Å². The molecule has 0 aliphatic carbocycles. The van der Waals surface area contributed by atoms with Gasteiger partial charge in [-0.2, -0.15) is 5.10 Å². The summed E-state index contributed by atoms with van der Waals surface area (Å²) in [6.45, 7) is 3.79. The van der Waals surface area contributed by atoms with Gasteiger partial charge in [0.1, 0.15) is 0 Å². The molecule has 0 saturated carbocycles. The number of anilines is 1. The maximum Gasteiger partial charge on any atom is 0.262 e. The van der Waals surface area contributed by atoms with Crippen LogP contribution in [0.3, 0.4) is 0 Å². The molecule has 0 amide bonds. The van der Waals surface area contributed by atoms with Gasteiger partial charge in [-0.15, -0.1) is 5.10 Å². The zero-order chi connectivity index (χ0) is 9.97. The highest BCUT2D eigenvalue weighted by Gasteiger charge is 2.00. The summed E-state index contributed by atoms with van der Waals surface area (Å²) >= 11 is 0. The number of nitrogens with zero attached hydrogens (tertiary/aromatic N) is 4. The van der Waals surface area contributed by atoms with Crippen LogP contribution in [0, 0.1) is 13.8 Å². The Balaban J connectivity index is 2.22. The van der Waals surface area contributed by atoms with Gasteiger partial charge in [-0.25, -0.2) is 4.98 Å². The van der Waals surface area contributed by atoms with E-state index in [4.69, 9.17) is 0 Å². The van der Waals surface area contributed by atoms with Crippen LogP contribution in [0.4, 0.5) is 5.95 Å². The number of hydrogen-bond donors (Lipinski definition) is 1. The molecule has 72 valence electrons. The van der Waals surface area contributed by atoms with E-state index in [0.29, 0.717) is 5.95 Å². The van der Waals surface area contributed by atoms with E-state index >= 15 is 0 Å². The average Bonchev–Trinajstić information content (AvgIpc) is 2.64. The van der Waals surface area contributed by atoms with E-state index in [-0.39, 0.29) is 0 Å². The molecule has 0 radical (unpaired) electrons. The van der Waals surface area contributed by atoms with Crippen molar-refractivity contribution in [2.75, 3.05) is 5.43 Å². The van der Waals surface area contributed by atoms with Crippen LogP contribution >= 0.6 is 0 Å². The van der Waals surface area contributed by atoms with E-state index in [1.54, 1.807) is 4.68 Å². The minimum atomic E-state index is 0.504. The number of rotatable bonds is 2. The van der Waals surface area contributed by atoms with Gasteiger partial charge in [-0.3, -0.25) is 10.1 Å². The molecule has 0 saturated heterocycles. The Morgan fingerprint density at radius 1 is 1.07 bits per heavy atom. The average molecular weight is 189 g/mol. The lowest BCUT2D eigenvalue weighted by Gasteiger charge is -2.05. The summed E-state index contributed by atoms with van der Waals surface area (Å²) in [4.78, 5) is 4.24. The van der Waals surface area contributed by atoms with E-state index in [9.17, 15) is 0 Å². The molecule has 0 atom stereocenters. The third-order valence-electron chi connectivity index (χ3n) is 1.93. The standard InChI is InChI=1S/C9H11N5/c1-7-8(2)11-12-9(10-7)13-14-5-3-4-6-14/h3-6H,1-2H3,(H,10,12,13). The molecule has 2 aromatic heterocycles. The maximum atomic E-state index is 4.24. The van der Waals surface area contributed by atoms with E-state index in [2.05, 4.69) is 20.6 Å². The Labute approximate surface area is 81.8 Å². The Bertz CT molecular complexity index is 421. The number of aromatic nitrogens is 4. The summed E-state index contributed by atoms with van der Waals surface area (Å²) in [5.41, 5.74) is 4.72. The fraction of sp³-hybridized carbons (Fsp3) is 0.222. The predicted octanol–water partition coefficient (Wildman–Crippen LogP) is 1.17. The summed E-state index contributed by atoms with van der Waals surface area (Å²) in [5, 5.41) is 7.89. The van der Waals surface area contributed by atoms with Crippen molar-refractivity contribution >= 4 is 5.95 Å². The highest BCUT2D eigenvalue weighted by atomic mass is 15.5. The van der Waals surface area contributed by atoms with Gasteiger partial charge in [0.25, 0.3) is 5.95 Å². The third kappa shape index (κ3) is 1.71. The van der Waals surface area contributed by atoms with Crippen LogP contribution in [0.25, 0.3) is 0 Å². The molecule has 0 unspecified atom stereocenters. The minimum absolute atomic E-state index is 0.504. The monoisotopic (exact) mass is 189 g/mol. The summed E-state index contributed by atoms with van der Waals surface area (Å²) < 4.78 is 1.77. The van der Waals surface area contributed by atoms with Gasteiger partial charge < -0.3 is 0 Å². The van der Waals surface area contributed by atoms with E-state index < -0.39 is 0 Å². The van der Waals surface area contributed by atoms with E-state index in [1.165, 1.54) is 0 Å². The summed E-state index contributed by atoms with van der Waals surface area (Å²) in [5.74, 6) is 0.504. The molecule has 14 heavy (non-hydrogen) atoms. The van der Waals surface area contributed by atoms with Gasteiger partial charge >= 0.3 is 0 Å². The highest BCUT2D eigenvalue weighted by Crippen LogP contribution is 2.02. The lowest BCUT2D eigenvalue weighted by atomic mass is 10.4. The first kappa shape index (κ1) is 8.68. The molecule has 5 heteroatoms. The number of aryl methyl sites for hydroxylation is 2. The van der Waals surface area contributed by atoms with Gasteiger partial charge in [-0.05, 0) is 26.0 Å². The second-order valence-electron chi connectivity index (χ2n) is 3.01. The zero-order valence-corrected chi connectivity index (χ0v) is 8.10. The van der Waals surface area contributed by atoms with Crippen LogP contribution in [0.1, 0.15) is 11.4 Å². The van der Waals surface area contributed by atoms with Crippen molar-refractivity contribution in [2.45, 2.75) is 13.8 Å². The van der Waals surface area contributed by atoms with Gasteiger partial charge in [0.15, 0.2) is 0 Å². The lowest BCUT2D eigenvalue weighted by molar-refractivity contribution is 0.850. The van der Waals surface area contributed by atoms with E-state index in [0.717, 1.165) is 11.4 Å². The molecule has 2 aromatic rings. The molecule has 2 heterocycles. The Hall–Kier alpha value is -1.91. The Kier molecular flexibility index (Phi) is 2.14. The zero-order valence-electron chi connectivity index (χ0n) is 8.10. The van der Waals surface area contributed by atoms with Gasteiger partial charge in [-0.1, -0.05) is 0 Å². The fourth-order valence-electron chi connectivity index (χ4n) is 1.03. The molecule has 0 bridgehead atoms. The molecule has 0 spiro atoms. The SMILES string of the molecule is Cc1nnc(Nn2cccc2)nc1C. The van der Waals surface area contributed by atoms with Crippen LogP contribution in [0.5, 0.6) is 0 Å². The van der Waals surface area contributed by atoms with Crippen LogP contribution in [-0.4, -0.2) is 19.9 Å². The first-order chi connectivity index (χ1) is 6.75. The van der Waals surface area contributed by atoms with Crippen molar-refractivity contribution in [3.63, 3.8) is 0 Å². The van der Waals surface area contributed by atoms with Crippen LogP contribution in [0.2, 0.25) is 0 Å². The Morgan fingerprint density at radius 3 is 2.43 bits per heavy atom. The second kappa shape index (κ2) is 3.45. The van der Waals surface area contributed by atoms with Crippen molar-refractivity contribution in [3.05, 3.63) is 35.9 Å². The first-order valence-electron chi connectivity index (χ1n) is 4.33. The van der Waals surface area contributed by atoms with Crippen LogP contribution in [0.15, 0.2) is 24.5 Å². The molecule has 0 fully saturated rings. The molecular weight excluding hydrogens is 178 g/mol. The van der Waals surface area contributed by atoms with Crippen molar-refractivity contribution in [1.29, 1.82) is 0 Å². The normalized spacial score (nSPS) is 10.1. The lowest BCUT2D eigenvalue weighted by Crippen LogP contribution is -2.11. The molecule has 0 aliphatic heterocycles. The van der Waals surface area contributed by atoms with E-state index in [1.807, 2.05) is 38.4 Å². The maximum absolute atomic E-state index is 4.24. The van der Waals surface area contributed by atoms with Gasteiger partial charge in [0.2, 0.25) is 0 Å². The molecule has 5 nitrogen and oxygen atoms in total. The van der Waals surface area contributed by atoms with Crippen molar-refractivity contribution in [1.82, 2.24) is 19.9 Å². The first-order valence-corrected chi connectivity index (χ1v) is 4.33. The summed E-state index contributed by atoms with van der Waals surface area (Å²) in [6.07, 6.45) is 3.75. The summed E-state index contributed by atoms with van der Waals surface area (Å²) in [6, 6.07) is 3.84. The van der Waals surface area contributed by atoms with Crippen molar-refractivity contribution in [3.8, 4) is 0 Å². The van der Waals surface area contributed by atoms with Crippen molar-refractivity contribution < 1.29 is 0 Å². The molecule has 1 N–H and O–H groups in total. The Morgan fingerprint density at radius 2 is 1.79 bits per heavy atom. The predicted molar refractivity (Wildman–Crippen MR) is 52.8 cm³/mol. The van der Waals surface area contributed by atoms with Crippen molar-refractivity contribution in [2.24, 2.45) is 0 Å². The third-order valence-corrected chi connectivity index (χ3v) is 1.93. The number of hydrogen-bond acceptors (Lipinski definition) is 4. The second-order valence-corrected chi connectivity index (χ2v) is 3.01. The van der Waals surface area contributed by atoms with Gasteiger partial charge in [0, 0.05) is 12.4 Å². The molecular formula is C9H11N5. The topological polar surface area (TPSA) is 55.6 Å². The number of nitrogens with one attached hydrogen (secondary N) is 1. The van der Waals surface area contributed by atoms with Crippen LogP contribution in [-0.2, 0) is 0 Å². The molecule has 0 aromatic carbocycles. The molecule has 0 aliphatic rings. The smallest absolute Gasteiger partial charge is 0.262 e. The molecule has 2 rings (SSSR count). The highest BCUT2D eigenvalue weighted by molar-refractivity contribution is 5.24. The van der Waals surface area contributed by atoms with Gasteiger partial charge in [0.05, 0.1) is 11.4 Å². The largest absolute Gasteiger partial charge is 0.268 e. The quantitative estimate of drug-likeness (QED) is 0.770.